The van der Waals surface area contributed by atoms with Crippen molar-refractivity contribution in [3.8, 4) is 0 Å². The lowest BCUT2D eigenvalue weighted by Crippen LogP contribution is -2.36. The molecule has 6 nitrogen and oxygen atoms in total. The third-order valence-electron chi connectivity index (χ3n) is 2.70. The van der Waals surface area contributed by atoms with Crippen LogP contribution in [0.1, 0.15) is 0 Å². The number of likely N-dealkylation sites (N-methyl/N-ethyl adjacent to an activating group) is 1. The average molecular weight is 250 g/mol. The van der Waals surface area contributed by atoms with Gasteiger partial charge >= 0.3 is 0 Å². The zero-order valence-electron chi connectivity index (χ0n) is 10.5. The van der Waals surface area contributed by atoms with Crippen LogP contribution in [0.25, 0.3) is 0 Å². The molecule has 98 valence electrons. The summed E-state index contributed by atoms with van der Waals surface area (Å²) in [6, 6.07) is 3.78. The zero-order valence-corrected chi connectivity index (χ0v) is 10.5. The largest absolute Gasteiger partial charge is 0.378 e. The van der Waals surface area contributed by atoms with Crippen LogP contribution in [-0.4, -0.2) is 50.8 Å². The Balaban J connectivity index is 1.94. The van der Waals surface area contributed by atoms with Gasteiger partial charge in [0.1, 0.15) is 5.82 Å². The highest BCUT2D eigenvalue weighted by Crippen LogP contribution is 2.15. The van der Waals surface area contributed by atoms with Crippen LogP contribution >= 0.6 is 0 Å². The summed E-state index contributed by atoms with van der Waals surface area (Å²) in [4.78, 5) is 17.9. The highest BCUT2D eigenvalue weighted by atomic mass is 16.5. The average Bonchev–Trinajstić information content (AvgIpc) is 2.41. The Kier molecular flexibility index (Phi) is 4.49. The first-order valence-corrected chi connectivity index (χ1v) is 6.03. The number of carbonyl (C=O) groups excluding carboxylic acids is 1. The van der Waals surface area contributed by atoms with Crippen molar-refractivity contribution in [1.82, 2.24) is 10.3 Å². The Labute approximate surface area is 106 Å². The maximum absolute atomic E-state index is 11.4. The standard InChI is InChI=1S/C12H18N4O2/c1-13-9-12(17)15-10-2-3-11(14-8-10)16-4-6-18-7-5-16/h2-3,8,13H,4-7,9H2,1H3,(H,15,17). The van der Waals surface area contributed by atoms with E-state index in [1.165, 1.54) is 0 Å². The molecule has 6 heteroatoms. The fourth-order valence-corrected chi connectivity index (χ4v) is 1.81. The number of ether oxygens (including phenoxy) is 1. The summed E-state index contributed by atoms with van der Waals surface area (Å²) in [5, 5.41) is 5.56. The summed E-state index contributed by atoms with van der Waals surface area (Å²) < 4.78 is 5.29. The van der Waals surface area contributed by atoms with Gasteiger partial charge < -0.3 is 20.3 Å². The molecule has 18 heavy (non-hydrogen) atoms. The lowest BCUT2D eigenvalue weighted by molar-refractivity contribution is -0.115. The number of morpholine rings is 1. The third-order valence-corrected chi connectivity index (χ3v) is 2.70. The van der Waals surface area contributed by atoms with E-state index >= 15 is 0 Å². The van der Waals surface area contributed by atoms with Crippen LogP contribution in [0.5, 0.6) is 0 Å². The third kappa shape index (κ3) is 3.41. The van der Waals surface area contributed by atoms with E-state index in [4.69, 9.17) is 4.74 Å². The summed E-state index contributed by atoms with van der Waals surface area (Å²) in [7, 11) is 1.74. The Bertz CT molecular complexity index is 388. The minimum Gasteiger partial charge on any atom is -0.378 e. The van der Waals surface area contributed by atoms with Crippen molar-refractivity contribution >= 4 is 17.4 Å². The van der Waals surface area contributed by atoms with Crippen LogP contribution in [0.3, 0.4) is 0 Å². The van der Waals surface area contributed by atoms with Gasteiger partial charge in [-0.1, -0.05) is 0 Å². The van der Waals surface area contributed by atoms with E-state index in [0.29, 0.717) is 12.2 Å². The lowest BCUT2D eigenvalue weighted by Gasteiger charge is -2.27. The molecule has 2 heterocycles. The summed E-state index contributed by atoms with van der Waals surface area (Å²) in [6.07, 6.45) is 1.68. The molecule has 0 aromatic carbocycles. The number of nitrogens with one attached hydrogen (secondary N) is 2. The van der Waals surface area contributed by atoms with E-state index in [-0.39, 0.29) is 5.91 Å². The van der Waals surface area contributed by atoms with Gasteiger partial charge in [0.2, 0.25) is 5.91 Å². The van der Waals surface area contributed by atoms with Gasteiger partial charge in [-0.2, -0.15) is 0 Å². The van der Waals surface area contributed by atoms with E-state index in [2.05, 4.69) is 20.5 Å². The van der Waals surface area contributed by atoms with Gasteiger partial charge in [-0.3, -0.25) is 4.79 Å². The number of nitrogens with zero attached hydrogens (tertiary/aromatic N) is 2. The van der Waals surface area contributed by atoms with Gasteiger partial charge in [0, 0.05) is 13.1 Å². The molecule has 0 saturated carbocycles. The lowest BCUT2D eigenvalue weighted by atomic mass is 10.3. The molecule has 0 bridgehead atoms. The molecule has 1 amide bonds. The number of hydrogen-bond acceptors (Lipinski definition) is 5. The summed E-state index contributed by atoms with van der Waals surface area (Å²) in [5.41, 5.74) is 0.715. The maximum atomic E-state index is 11.4. The molecule has 0 aliphatic carbocycles. The second kappa shape index (κ2) is 6.32. The van der Waals surface area contributed by atoms with Gasteiger partial charge in [0.05, 0.1) is 31.6 Å². The molecule has 2 rings (SSSR count). The van der Waals surface area contributed by atoms with Crippen LogP contribution < -0.4 is 15.5 Å². The molecular formula is C12H18N4O2. The fourth-order valence-electron chi connectivity index (χ4n) is 1.81. The molecule has 1 aliphatic rings. The summed E-state index contributed by atoms with van der Waals surface area (Å²) in [6.45, 7) is 3.49. The topological polar surface area (TPSA) is 66.5 Å². The SMILES string of the molecule is CNCC(=O)Nc1ccc(N2CCOCC2)nc1. The normalized spacial score (nSPS) is 15.5. The summed E-state index contributed by atoms with van der Waals surface area (Å²) in [5.74, 6) is 0.850. The molecule has 1 fully saturated rings. The second-order valence-electron chi connectivity index (χ2n) is 4.08. The van der Waals surface area contributed by atoms with Crippen LogP contribution in [0.2, 0.25) is 0 Å². The van der Waals surface area contributed by atoms with Crippen molar-refractivity contribution in [2.75, 3.05) is 50.1 Å². The van der Waals surface area contributed by atoms with Crippen molar-refractivity contribution < 1.29 is 9.53 Å². The molecule has 0 spiro atoms. The zero-order chi connectivity index (χ0) is 12.8. The minimum absolute atomic E-state index is 0.0709. The van der Waals surface area contributed by atoms with Crippen molar-refractivity contribution in [2.45, 2.75) is 0 Å². The second-order valence-corrected chi connectivity index (χ2v) is 4.08. The number of carbonyl (C=O) groups is 1. The van der Waals surface area contributed by atoms with Crippen molar-refractivity contribution in [3.63, 3.8) is 0 Å². The van der Waals surface area contributed by atoms with Crippen molar-refractivity contribution in [3.05, 3.63) is 18.3 Å². The number of amides is 1. The van der Waals surface area contributed by atoms with E-state index in [9.17, 15) is 4.79 Å². The molecule has 1 aromatic heterocycles. The van der Waals surface area contributed by atoms with E-state index in [1.54, 1.807) is 13.2 Å². The summed E-state index contributed by atoms with van der Waals surface area (Å²) >= 11 is 0. The highest BCUT2D eigenvalue weighted by molar-refractivity contribution is 5.92. The first-order chi connectivity index (χ1) is 8.79. The Hall–Kier alpha value is -1.66. The van der Waals surface area contributed by atoms with E-state index < -0.39 is 0 Å². The van der Waals surface area contributed by atoms with Crippen molar-refractivity contribution in [2.24, 2.45) is 0 Å². The van der Waals surface area contributed by atoms with Crippen molar-refractivity contribution in [1.29, 1.82) is 0 Å². The van der Waals surface area contributed by atoms with Gasteiger partial charge in [0.15, 0.2) is 0 Å². The maximum Gasteiger partial charge on any atom is 0.238 e. The number of rotatable bonds is 4. The van der Waals surface area contributed by atoms with E-state index in [1.807, 2.05) is 12.1 Å². The van der Waals surface area contributed by atoms with Gasteiger partial charge in [-0.15, -0.1) is 0 Å². The molecule has 0 radical (unpaired) electrons. The predicted molar refractivity (Wildman–Crippen MR) is 69.8 cm³/mol. The Morgan fingerprint density at radius 2 is 2.22 bits per heavy atom. The number of pyridine rings is 1. The molecule has 0 atom stereocenters. The number of anilines is 2. The van der Waals surface area contributed by atoms with E-state index in [0.717, 1.165) is 32.1 Å². The predicted octanol–water partition coefficient (Wildman–Crippen LogP) is 0.0761. The quantitative estimate of drug-likeness (QED) is 0.792. The number of aromatic nitrogens is 1. The van der Waals surface area contributed by atoms with Crippen LogP contribution in [0.15, 0.2) is 18.3 Å². The monoisotopic (exact) mass is 250 g/mol. The number of hydrogen-bond donors (Lipinski definition) is 2. The van der Waals surface area contributed by atoms with Crippen LogP contribution in [0.4, 0.5) is 11.5 Å². The first kappa shape index (κ1) is 12.8. The van der Waals surface area contributed by atoms with Crippen LogP contribution in [-0.2, 0) is 9.53 Å². The highest BCUT2D eigenvalue weighted by Gasteiger charge is 2.12. The molecule has 1 saturated heterocycles. The molecule has 0 unspecified atom stereocenters. The molecule has 1 aliphatic heterocycles. The Morgan fingerprint density at radius 3 is 2.83 bits per heavy atom. The van der Waals surface area contributed by atoms with Gasteiger partial charge in [0.25, 0.3) is 0 Å². The Morgan fingerprint density at radius 1 is 1.44 bits per heavy atom. The minimum atomic E-state index is -0.0709. The van der Waals surface area contributed by atoms with Gasteiger partial charge in [-0.25, -0.2) is 4.98 Å². The molecular weight excluding hydrogens is 232 g/mol. The smallest absolute Gasteiger partial charge is 0.238 e. The van der Waals surface area contributed by atoms with Gasteiger partial charge in [-0.05, 0) is 19.2 Å². The fraction of sp³-hybridized carbons (Fsp3) is 0.500. The molecule has 2 N–H and O–H groups in total. The first-order valence-electron chi connectivity index (χ1n) is 6.03. The van der Waals surface area contributed by atoms with Crippen LogP contribution in [0, 0.1) is 0 Å². The molecule has 1 aromatic rings.